The highest BCUT2D eigenvalue weighted by molar-refractivity contribution is 7.80. The first-order valence-electron chi connectivity index (χ1n) is 10.0. The normalized spacial score (nSPS) is 12.8. The Kier molecular flexibility index (Phi) is 7.07. The zero-order chi connectivity index (χ0) is 25.9. The monoisotopic (exact) mass is 533 g/mol. The summed E-state index contributed by atoms with van der Waals surface area (Å²) in [5.41, 5.74) is 0.344. The number of carbonyl (C=O) groups excluding carboxylic acids is 1. The molecule has 0 aliphatic carbocycles. The summed E-state index contributed by atoms with van der Waals surface area (Å²) < 4.78 is 39.1. The van der Waals surface area contributed by atoms with Gasteiger partial charge in [0.15, 0.2) is 10.9 Å². The number of amides is 1. The molecule has 1 aliphatic heterocycles. The van der Waals surface area contributed by atoms with Crippen LogP contribution in [0.2, 0.25) is 5.02 Å². The van der Waals surface area contributed by atoms with Gasteiger partial charge in [-0.25, -0.2) is 9.97 Å². The van der Waals surface area contributed by atoms with E-state index in [4.69, 9.17) is 23.8 Å². The molecule has 2 aromatic heterocycles. The highest BCUT2D eigenvalue weighted by atomic mass is 35.5. The SMILES string of the molecule is Cc1cc(NC2=CC(=O)N=N2)nc(Nc2ccc(NC(=S)Nc3ccc(Cl)c(C(F)(F)F)c3)nc2)n1. The van der Waals surface area contributed by atoms with Gasteiger partial charge in [-0.05, 0) is 49.5 Å². The molecule has 3 heterocycles. The fourth-order valence-electron chi connectivity index (χ4n) is 2.93. The molecule has 0 unspecified atom stereocenters. The van der Waals surface area contributed by atoms with Crippen molar-refractivity contribution in [1.29, 1.82) is 0 Å². The second-order valence-electron chi connectivity index (χ2n) is 7.24. The molecule has 0 fully saturated rings. The third kappa shape index (κ3) is 6.49. The number of hydrogen-bond acceptors (Lipinski definition) is 8. The van der Waals surface area contributed by atoms with Crippen LogP contribution < -0.4 is 21.3 Å². The van der Waals surface area contributed by atoms with Crippen molar-refractivity contribution in [3.05, 3.63) is 70.8 Å². The fraction of sp³-hybridized carbons (Fsp3) is 0.0952. The maximum atomic E-state index is 13.0. The summed E-state index contributed by atoms with van der Waals surface area (Å²) in [6.45, 7) is 1.77. The van der Waals surface area contributed by atoms with E-state index in [2.05, 4.69) is 46.4 Å². The molecule has 0 bridgehead atoms. The standard InChI is InChI=1S/C21H15ClF3N9OS/c1-10-6-16(30-17-8-18(35)34-33-17)31-19(27-10)28-12-3-5-15(26-9-12)32-20(36)29-11-2-4-14(22)13(7-11)21(23,24)25/h2-9H,1H3,(H2,26,29,32,36)(H2,27,28,30,31). The zero-order valence-corrected chi connectivity index (χ0v) is 19.8. The second-order valence-corrected chi connectivity index (χ2v) is 8.06. The van der Waals surface area contributed by atoms with Gasteiger partial charge in [0.1, 0.15) is 11.6 Å². The summed E-state index contributed by atoms with van der Waals surface area (Å²) in [5, 5.41) is 18.0. The summed E-state index contributed by atoms with van der Waals surface area (Å²) in [5.74, 6) is 0.818. The van der Waals surface area contributed by atoms with Crippen LogP contribution in [0.15, 0.2) is 64.7 Å². The van der Waals surface area contributed by atoms with Gasteiger partial charge in [-0.3, -0.25) is 4.79 Å². The summed E-state index contributed by atoms with van der Waals surface area (Å²) in [7, 11) is 0. The van der Waals surface area contributed by atoms with Crippen molar-refractivity contribution in [3.63, 3.8) is 0 Å². The lowest BCUT2D eigenvalue weighted by Gasteiger charge is -2.14. The van der Waals surface area contributed by atoms with E-state index >= 15 is 0 Å². The van der Waals surface area contributed by atoms with Gasteiger partial charge in [-0.1, -0.05) is 11.6 Å². The number of carbonyl (C=O) groups is 1. The van der Waals surface area contributed by atoms with E-state index in [1.165, 1.54) is 18.3 Å². The minimum atomic E-state index is -4.59. The lowest BCUT2D eigenvalue weighted by Crippen LogP contribution is -2.20. The van der Waals surface area contributed by atoms with E-state index in [1.807, 2.05) is 0 Å². The molecular formula is C21H15ClF3N9OS. The number of rotatable bonds is 6. The molecule has 0 radical (unpaired) electrons. The lowest BCUT2D eigenvalue weighted by atomic mass is 10.2. The number of aryl methyl sites for hydroxylation is 1. The van der Waals surface area contributed by atoms with Crippen LogP contribution in [0.4, 0.5) is 42.1 Å². The molecule has 1 aliphatic rings. The van der Waals surface area contributed by atoms with Gasteiger partial charge in [0, 0.05) is 17.4 Å². The van der Waals surface area contributed by atoms with Gasteiger partial charge < -0.3 is 21.3 Å². The number of thiocarbonyl (C=S) groups is 1. The number of nitrogens with zero attached hydrogens (tertiary/aromatic N) is 5. The summed E-state index contributed by atoms with van der Waals surface area (Å²) in [4.78, 5) is 24.0. The molecule has 3 aromatic rings. The number of azo groups is 1. The Labute approximate surface area is 212 Å². The fourth-order valence-corrected chi connectivity index (χ4v) is 3.38. The maximum Gasteiger partial charge on any atom is 0.417 e. The molecule has 0 atom stereocenters. The van der Waals surface area contributed by atoms with Crippen molar-refractivity contribution >= 4 is 63.8 Å². The van der Waals surface area contributed by atoms with Gasteiger partial charge in [0.05, 0.1) is 28.5 Å². The van der Waals surface area contributed by atoms with Gasteiger partial charge in [-0.2, -0.15) is 18.2 Å². The number of benzene rings is 1. The first-order chi connectivity index (χ1) is 17.0. The van der Waals surface area contributed by atoms with Gasteiger partial charge in [0.25, 0.3) is 5.91 Å². The zero-order valence-electron chi connectivity index (χ0n) is 18.2. The Hall–Kier alpha value is -4.17. The number of nitrogens with one attached hydrogen (secondary N) is 4. The second kappa shape index (κ2) is 10.2. The van der Waals surface area contributed by atoms with Crippen LogP contribution in [0, 0.1) is 6.92 Å². The highest BCUT2D eigenvalue weighted by Crippen LogP contribution is 2.36. The first-order valence-corrected chi connectivity index (χ1v) is 10.8. The molecule has 1 aromatic carbocycles. The molecule has 10 nitrogen and oxygen atoms in total. The summed E-state index contributed by atoms with van der Waals surface area (Å²) >= 11 is 10.8. The topological polar surface area (TPSA) is 129 Å². The third-order valence-corrected chi connectivity index (χ3v) is 4.95. The predicted molar refractivity (Wildman–Crippen MR) is 132 cm³/mol. The Morgan fingerprint density at radius 3 is 2.42 bits per heavy atom. The van der Waals surface area contributed by atoms with Crippen molar-refractivity contribution in [2.45, 2.75) is 13.1 Å². The molecule has 184 valence electrons. The Balaban J connectivity index is 1.38. The van der Waals surface area contributed by atoms with Crippen LogP contribution in [-0.2, 0) is 11.0 Å². The quantitative estimate of drug-likeness (QED) is 0.297. The number of anilines is 5. The van der Waals surface area contributed by atoms with Crippen LogP contribution in [-0.4, -0.2) is 26.0 Å². The van der Waals surface area contributed by atoms with Gasteiger partial charge in [-0.15, -0.1) is 10.2 Å². The van der Waals surface area contributed by atoms with Crippen LogP contribution in [0.5, 0.6) is 0 Å². The highest BCUT2D eigenvalue weighted by Gasteiger charge is 2.33. The van der Waals surface area contributed by atoms with E-state index in [-0.39, 0.29) is 22.6 Å². The van der Waals surface area contributed by atoms with Crippen LogP contribution in [0.25, 0.3) is 0 Å². The number of alkyl halides is 3. The van der Waals surface area contributed by atoms with Crippen molar-refractivity contribution in [2.75, 3.05) is 21.3 Å². The molecular weight excluding hydrogens is 519 g/mol. The molecule has 36 heavy (non-hydrogen) atoms. The molecule has 4 rings (SSSR count). The van der Waals surface area contributed by atoms with Gasteiger partial charge in [0.2, 0.25) is 5.95 Å². The smallest absolute Gasteiger partial charge is 0.332 e. The number of halogens is 4. The van der Waals surface area contributed by atoms with E-state index in [9.17, 15) is 18.0 Å². The van der Waals surface area contributed by atoms with Crippen LogP contribution >= 0.6 is 23.8 Å². The molecule has 4 N–H and O–H groups in total. The van der Waals surface area contributed by atoms with E-state index in [0.717, 1.165) is 12.1 Å². The summed E-state index contributed by atoms with van der Waals surface area (Å²) in [6.07, 6.45) is -1.87. The number of hydrogen-bond donors (Lipinski definition) is 4. The van der Waals surface area contributed by atoms with Crippen molar-refractivity contribution in [2.24, 2.45) is 10.2 Å². The van der Waals surface area contributed by atoms with Crippen molar-refractivity contribution in [3.8, 4) is 0 Å². The van der Waals surface area contributed by atoms with Crippen molar-refractivity contribution in [1.82, 2.24) is 15.0 Å². The minimum absolute atomic E-state index is 0.0354. The molecule has 15 heteroatoms. The minimum Gasteiger partial charge on any atom is -0.332 e. The van der Waals surface area contributed by atoms with E-state index in [0.29, 0.717) is 23.0 Å². The third-order valence-electron chi connectivity index (χ3n) is 4.42. The Morgan fingerprint density at radius 2 is 1.75 bits per heavy atom. The molecule has 0 saturated heterocycles. The first kappa shape index (κ1) is 24.9. The predicted octanol–water partition coefficient (Wildman–Crippen LogP) is 5.65. The van der Waals surface area contributed by atoms with E-state index < -0.39 is 22.7 Å². The number of aromatic nitrogens is 3. The van der Waals surface area contributed by atoms with Crippen molar-refractivity contribution < 1.29 is 18.0 Å². The van der Waals surface area contributed by atoms with Crippen LogP contribution in [0.1, 0.15) is 11.3 Å². The average molecular weight is 534 g/mol. The van der Waals surface area contributed by atoms with E-state index in [1.54, 1.807) is 25.1 Å². The van der Waals surface area contributed by atoms with Crippen LogP contribution in [0.3, 0.4) is 0 Å². The molecule has 1 amide bonds. The average Bonchev–Trinajstić information content (AvgIpc) is 3.19. The largest absolute Gasteiger partial charge is 0.417 e. The number of pyridine rings is 1. The maximum absolute atomic E-state index is 13.0. The summed E-state index contributed by atoms with van der Waals surface area (Å²) in [6, 6.07) is 8.32. The Bertz CT molecular complexity index is 1390. The molecule has 0 saturated carbocycles. The lowest BCUT2D eigenvalue weighted by molar-refractivity contribution is -0.137. The molecule has 0 spiro atoms. The van der Waals surface area contributed by atoms with Gasteiger partial charge >= 0.3 is 6.18 Å². The Morgan fingerprint density at radius 1 is 0.972 bits per heavy atom.